The average molecular weight is 274 g/mol. The molecule has 0 saturated carbocycles. The molecule has 104 valence electrons. The van der Waals surface area contributed by atoms with Crippen LogP contribution in [0.5, 0.6) is 0 Å². The maximum atomic E-state index is 12.3. The van der Waals surface area contributed by atoms with Crippen molar-refractivity contribution >= 4 is 15.7 Å². The second kappa shape index (κ2) is 5.57. The van der Waals surface area contributed by atoms with E-state index >= 15 is 0 Å². The second-order valence-corrected chi connectivity index (χ2v) is 7.59. The SMILES string of the molecule is CN(C(=O)C1CCCCCN1)C1CCS(=O)(=O)C1. The minimum atomic E-state index is -2.93. The summed E-state index contributed by atoms with van der Waals surface area (Å²) >= 11 is 0. The molecule has 2 heterocycles. The predicted octanol–water partition coefficient (Wildman–Crippen LogP) is 0.164. The largest absolute Gasteiger partial charge is 0.340 e. The third kappa shape index (κ3) is 3.23. The van der Waals surface area contributed by atoms with Gasteiger partial charge in [-0.25, -0.2) is 8.42 Å². The van der Waals surface area contributed by atoms with Crippen molar-refractivity contribution in [1.29, 1.82) is 0 Å². The summed E-state index contributed by atoms with van der Waals surface area (Å²) in [5, 5.41) is 3.27. The summed E-state index contributed by atoms with van der Waals surface area (Å²) in [5.41, 5.74) is 0. The molecule has 18 heavy (non-hydrogen) atoms. The lowest BCUT2D eigenvalue weighted by molar-refractivity contribution is -0.133. The number of nitrogens with one attached hydrogen (secondary N) is 1. The molecule has 1 N–H and O–H groups in total. The first-order valence-electron chi connectivity index (χ1n) is 6.70. The number of sulfone groups is 1. The minimum Gasteiger partial charge on any atom is -0.340 e. The van der Waals surface area contributed by atoms with Crippen LogP contribution in [0.15, 0.2) is 0 Å². The summed E-state index contributed by atoms with van der Waals surface area (Å²) in [6.07, 6.45) is 4.80. The van der Waals surface area contributed by atoms with Gasteiger partial charge < -0.3 is 10.2 Å². The van der Waals surface area contributed by atoms with E-state index in [0.717, 1.165) is 32.2 Å². The molecule has 0 aromatic carbocycles. The van der Waals surface area contributed by atoms with Crippen molar-refractivity contribution in [1.82, 2.24) is 10.2 Å². The fourth-order valence-corrected chi connectivity index (χ4v) is 4.52. The van der Waals surface area contributed by atoms with E-state index in [1.54, 1.807) is 11.9 Å². The van der Waals surface area contributed by atoms with E-state index in [2.05, 4.69) is 5.32 Å². The van der Waals surface area contributed by atoms with Gasteiger partial charge in [0.05, 0.1) is 17.5 Å². The summed E-state index contributed by atoms with van der Waals surface area (Å²) in [4.78, 5) is 14.0. The lowest BCUT2D eigenvalue weighted by Crippen LogP contribution is -2.48. The Kier molecular flexibility index (Phi) is 4.27. The molecule has 2 unspecified atom stereocenters. The standard InChI is InChI=1S/C12H22N2O3S/c1-14(10-6-8-18(16,17)9-10)12(15)11-5-3-2-4-7-13-11/h10-11,13H,2-9H2,1H3. The Hall–Kier alpha value is -0.620. The molecule has 0 spiro atoms. The van der Waals surface area contributed by atoms with Crippen LogP contribution in [0.4, 0.5) is 0 Å². The van der Waals surface area contributed by atoms with Gasteiger partial charge >= 0.3 is 0 Å². The van der Waals surface area contributed by atoms with Gasteiger partial charge in [-0.15, -0.1) is 0 Å². The van der Waals surface area contributed by atoms with Crippen molar-refractivity contribution in [2.24, 2.45) is 0 Å². The molecule has 1 amide bonds. The molecule has 0 aromatic heterocycles. The average Bonchev–Trinajstić information content (AvgIpc) is 2.57. The highest BCUT2D eigenvalue weighted by atomic mass is 32.2. The van der Waals surface area contributed by atoms with Crippen molar-refractivity contribution in [2.45, 2.75) is 44.2 Å². The topological polar surface area (TPSA) is 66.5 Å². The van der Waals surface area contributed by atoms with Gasteiger partial charge in [-0.3, -0.25) is 4.79 Å². The lowest BCUT2D eigenvalue weighted by atomic mass is 10.1. The van der Waals surface area contributed by atoms with E-state index in [1.165, 1.54) is 0 Å². The monoisotopic (exact) mass is 274 g/mol. The van der Waals surface area contributed by atoms with Gasteiger partial charge in [-0.2, -0.15) is 0 Å². The first kappa shape index (κ1) is 13.8. The van der Waals surface area contributed by atoms with Gasteiger partial charge in [0.25, 0.3) is 0 Å². The third-order valence-electron chi connectivity index (χ3n) is 3.96. The van der Waals surface area contributed by atoms with Crippen LogP contribution in [-0.4, -0.2) is 56.4 Å². The number of amides is 1. The maximum Gasteiger partial charge on any atom is 0.239 e. The maximum absolute atomic E-state index is 12.3. The van der Waals surface area contributed by atoms with E-state index < -0.39 is 9.84 Å². The van der Waals surface area contributed by atoms with Crippen LogP contribution in [-0.2, 0) is 14.6 Å². The summed E-state index contributed by atoms with van der Waals surface area (Å²) in [6.45, 7) is 0.882. The Morgan fingerprint density at radius 2 is 2.00 bits per heavy atom. The van der Waals surface area contributed by atoms with Crippen LogP contribution >= 0.6 is 0 Å². The zero-order chi connectivity index (χ0) is 13.2. The molecule has 0 aromatic rings. The fourth-order valence-electron chi connectivity index (χ4n) is 2.75. The van der Waals surface area contributed by atoms with E-state index in [4.69, 9.17) is 0 Å². The van der Waals surface area contributed by atoms with E-state index in [9.17, 15) is 13.2 Å². The zero-order valence-electron chi connectivity index (χ0n) is 10.9. The Bertz CT molecular complexity index is 400. The number of hydrogen-bond acceptors (Lipinski definition) is 4. The Morgan fingerprint density at radius 3 is 2.67 bits per heavy atom. The first-order valence-corrected chi connectivity index (χ1v) is 8.52. The molecule has 2 aliphatic heterocycles. The summed E-state index contributed by atoms with van der Waals surface area (Å²) in [7, 11) is -1.19. The van der Waals surface area contributed by atoms with E-state index in [1.807, 2.05) is 0 Å². The van der Waals surface area contributed by atoms with Crippen molar-refractivity contribution < 1.29 is 13.2 Å². The number of likely N-dealkylation sites (N-methyl/N-ethyl adjacent to an activating group) is 1. The van der Waals surface area contributed by atoms with Gasteiger partial charge in [-0.05, 0) is 25.8 Å². The number of nitrogens with zero attached hydrogens (tertiary/aromatic N) is 1. The number of hydrogen-bond donors (Lipinski definition) is 1. The molecular weight excluding hydrogens is 252 g/mol. The van der Waals surface area contributed by atoms with Crippen LogP contribution in [0.2, 0.25) is 0 Å². The van der Waals surface area contributed by atoms with Crippen molar-refractivity contribution in [3.63, 3.8) is 0 Å². The molecule has 0 bridgehead atoms. The van der Waals surface area contributed by atoms with Crippen LogP contribution in [0.25, 0.3) is 0 Å². The normalized spacial score (nSPS) is 31.8. The van der Waals surface area contributed by atoms with Gasteiger partial charge in [0.15, 0.2) is 9.84 Å². The van der Waals surface area contributed by atoms with Gasteiger partial charge in [-0.1, -0.05) is 12.8 Å². The van der Waals surface area contributed by atoms with Crippen molar-refractivity contribution in [3.8, 4) is 0 Å². The zero-order valence-corrected chi connectivity index (χ0v) is 11.7. The lowest BCUT2D eigenvalue weighted by Gasteiger charge is -2.28. The van der Waals surface area contributed by atoms with Crippen molar-refractivity contribution in [2.75, 3.05) is 25.1 Å². The summed E-state index contributed by atoms with van der Waals surface area (Å²) in [6, 6.07) is -0.256. The predicted molar refractivity (Wildman–Crippen MR) is 70.1 cm³/mol. The van der Waals surface area contributed by atoms with E-state index in [-0.39, 0.29) is 29.5 Å². The summed E-state index contributed by atoms with van der Waals surface area (Å²) < 4.78 is 22.9. The first-order chi connectivity index (χ1) is 8.49. The van der Waals surface area contributed by atoms with Gasteiger partial charge in [0.1, 0.15) is 0 Å². The van der Waals surface area contributed by atoms with Crippen LogP contribution in [0.1, 0.15) is 32.1 Å². The quantitative estimate of drug-likeness (QED) is 0.779. The molecular formula is C12H22N2O3S. The van der Waals surface area contributed by atoms with Crippen LogP contribution in [0, 0.1) is 0 Å². The molecule has 6 heteroatoms. The van der Waals surface area contributed by atoms with Gasteiger partial charge in [0, 0.05) is 13.1 Å². The molecule has 2 aliphatic rings. The molecule has 5 nitrogen and oxygen atoms in total. The Balaban J connectivity index is 1.95. The number of carbonyl (C=O) groups excluding carboxylic acids is 1. The van der Waals surface area contributed by atoms with Crippen LogP contribution < -0.4 is 5.32 Å². The van der Waals surface area contributed by atoms with Crippen LogP contribution in [0.3, 0.4) is 0 Å². The number of rotatable bonds is 2. The van der Waals surface area contributed by atoms with E-state index in [0.29, 0.717) is 6.42 Å². The van der Waals surface area contributed by atoms with Crippen molar-refractivity contribution in [3.05, 3.63) is 0 Å². The number of carbonyl (C=O) groups is 1. The molecule has 2 saturated heterocycles. The second-order valence-electron chi connectivity index (χ2n) is 5.36. The Labute approximate surface area is 109 Å². The molecule has 0 radical (unpaired) electrons. The summed E-state index contributed by atoms with van der Waals surface area (Å²) in [5.74, 6) is 0.397. The molecule has 2 fully saturated rings. The fraction of sp³-hybridized carbons (Fsp3) is 0.917. The highest BCUT2D eigenvalue weighted by Crippen LogP contribution is 2.19. The molecule has 2 rings (SSSR count). The minimum absolute atomic E-state index is 0.0546. The smallest absolute Gasteiger partial charge is 0.239 e. The molecule has 0 aliphatic carbocycles. The third-order valence-corrected chi connectivity index (χ3v) is 5.71. The van der Waals surface area contributed by atoms with Gasteiger partial charge in [0.2, 0.25) is 5.91 Å². The Morgan fingerprint density at radius 1 is 1.22 bits per heavy atom. The highest BCUT2D eigenvalue weighted by molar-refractivity contribution is 7.91. The molecule has 2 atom stereocenters. The highest BCUT2D eigenvalue weighted by Gasteiger charge is 2.34.